The number of hydrogen-bond donors (Lipinski definition) is 2. The van der Waals surface area contributed by atoms with Crippen LogP contribution in [0.3, 0.4) is 0 Å². The van der Waals surface area contributed by atoms with Gasteiger partial charge in [0.05, 0.1) is 6.42 Å². The van der Waals surface area contributed by atoms with E-state index in [0.717, 1.165) is 25.6 Å². The molecule has 0 aliphatic carbocycles. The Morgan fingerprint density at radius 3 is 2.95 bits per heavy atom. The minimum Gasteiger partial charge on any atom is -0.352 e. The Hall–Kier alpha value is -1.49. The summed E-state index contributed by atoms with van der Waals surface area (Å²) >= 11 is 0. The average Bonchev–Trinajstić information content (AvgIpc) is 2.35. The van der Waals surface area contributed by atoms with Crippen LogP contribution in [0.15, 0.2) is 18.2 Å². The Morgan fingerprint density at radius 1 is 1.42 bits per heavy atom. The molecular weight excluding hydrogens is 250 g/mol. The Balaban J connectivity index is 1.92. The fourth-order valence-corrected chi connectivity index (χ4v) is 2.40. The Morgan fingerprint density at radius 2 is 2.21 bits per heavy atom. The van der Waals surface area contributed by atoms with E-state index in [1.165, 1.54) is 12.1 Å². The van der Waals surface area contributed by atoms with Crippen molar-refractivity contribution in [3.05, 3.63) is 35.4 Å². The Bertz CT molecular complexity index is 465. The van der Waals surface area contributed by atoms with Crippen molar-refractivity contribution < 1.29 is 13.6 Å². The highest BCUT2D eigenvalue weighted by atomic mass is 19.2. The van der Waals surface area contributed by atoms with Crippen LogP contribution < -0.4 is 10.6 Å². The van der Waals surface area contributed by atoms with Crippen LogP contribution in [0.2, 0.25) is 0 Å². The summed E-state index contributed by atoms with van der Waals surface area (Å²) in [6, 6.07) is 3.95. The van der Waals surface area contributed by atoms with Crippen molar-refractivity contribution in [3.8, 4) is 0 Å². The van der Waals surface area contributed by atoms with E-state index in [0.29, 0.717) is 5.92 Å². The first-order chi connectivity index (χ1) is 9.06. The summed E-state index contributed by atoms with van der Waals surface area (Å²) in [6.07, 6.45) is 0.777. The van der Waals surface area contributed by atoms with Crippen molar-refractivity contribution in [2.75, 3.05) is 13.1 Å². The standard InChI is InChI=1S/C14H18F2N2O/c1-9-5-11(8-17-7-9)18-13(19)6-10-3-2-4-12(15)14(10)16/h2-4,9,11,17H,5-8H2,1H3,(H,18,19). The second-order valence-corrected chi connectivity index (χ2v) is 5.15. The van der Waals surface area contributed by atoms with Gasteiger partial charge in [-0.15, -0.1) is 0 Å². The van der Waals surface area contributed by atoms with Gasteiger partial charge in [-0.1, -0.05) is 19.1 Å². The summed E-state index contributed by atoms with van der Waals surface area (Å²) in [5.41, 5.74) is 0.0920. The van der Waals surface area contributed by atoms with Gasteiger partial charge < -0.3 is 10.6 Å². The molecule has 1 amide bonds. The quantitative estimate of drug-likeness (QED) is 0.874. The second kappa shape index (κ2) is 6.10. The SMILES string of the molecule is CC1CNCC(NC(=O)Cc2cccc(F)c2F)C1. The molecule has 104 valence electrons. The first-order valence-electron chi connectivity index (χ1n) is 6.49. The lowest BCUT2D eigenvalue weighted by atomic mass is 9.97. The van der Waals surface area contributed by atoms with Crippen molar-refractivity contribution in [1.29, 1.82) is 0 Å². The fraction of sp³-hybridized carbons (Fsp3) is 0.500. The average molecular weight is 268 g/mol. The van der Waals surface area contributed by atoms with E-state index in [-0.39, 0.29) is 23.9 Å². The van der Waals surface area contributed by atoms with Crippen molar-refractivity contribution in [1.82, 2.24) is 10.6 Å². The molecule has 1 saturated heterocycles. The molecule has 0 aromatic heterocycles. The largest absolute Gasteiger partial charge is 0.352 e. The zero-order valence-corrected chi connectivity index (χ0v) is 10.9. The van der Waals surface area contributed by atoms with Crippen molar-refractivity contribution in [3.63, 3.8) is 0 Å². The summed E-state index contributed by atoms with van der Waals surface area (Å²) < 4.78 is 26.5. The zero-order chi connectivity index (χ0) is 13.8. The molecule has 0 bridgehead atoms. The highest BCUT2D eigenvalue weighted by molar-refractivity contribution is 5.78. The van der Waals surface area contributed by atoms with Gasteiger partial charge in [0.2, 0.25) is 5.91 Å². The molecule has 1 aromatic rings. The minimum absolute atomic E-state index is 0.0628. The third kappa shape index (κ3) is 3.73. The van der Waals surface area contributed by atoms with Crippen LogP contribution >= 0.6 is 0 Å². The number of carbonyl (C=O) groups excluding carboxylic acids is 1. The molecule has 5 heteroatoms. The molecule has 1 heterocycles. The lowest BCUT2D eigenvalue weighted by molar-refractivity contribution is -0.121. The maximum absolute atomic E-state index is 13.4. The molecule has 2 N–H and O–H groups in total. The zero-order valence-electron chi connectivity index (χ0n) is 10.9. The van der Waals surface area contributed by atoms with E-state index < -0.39 is 11.6 Å². The smallest absolute Gasteiger partial charge is 0.224 e. The molecule has 0 radical (unpaired) electrons. The van der Waals surface area contributed by atoms with Gasteiger partial charge in [-0.2, -0.15) is 0 Å². The van der Waals surface area contributed by atoms with Crippen LogP contribution in [0, 0.1) is 17.6 Å². The van der Waals surface area contributed by atoms with Crippen LogP contribution in [0.1, 0.15) is 18.9 Å². The number of rotatable bonds is 3. The maximum atomic E-state index is 13.4. The number of halogens is 2. The van der Waals surface area contributed by atoms with E-state index in [4.69, 9.17) is 0 Å². The van der Waals surface area contributed by atoms with Crippen molar-refractivity contribution >= 4 is 5.91 Å². The van der Waals surface area contributed by atoms with Crippen molar-refractivity contribution in [2.45, 2.75) is 25.8 Å². The van der Waals surface area contributed by atoms with E-state index in [9.17, 15) is 13.6 Å². The third-order valence-corrected chi connectivity index (χ3v) is 3.32. The number of nitrogens with one attached hydrogen (secondary N) is 2. The first kappa shape index (κ1) is 13.9. The minimum atomic E-state index is -0.937. The highest BCUT2D eigenvalue weighted by Gasteiger charge is 2.20. The van der Waals surface area contributed by atoms with Crippen LogP contribution in [0.5, 0.6) is 0 Å². The molecule has 3 nitrogen and oxygen atoms in total. The molecule has 19 heavy (non-hydrogen) atoms. The summed E-state index contributed by atoms with van der Waals surface area (Å²) in [7, 11) is 0. The molecule has 2 unspecified atom stereocenters. The number of hydrogen-bond acceptors (Lipinski definition) is 2. The van der Waals surface area contributed by atoms with Crippen LogP contribution in [-0.2, 0) is 11.2 Å². The van der Waals surface area contributed by atoms with Gasteiger partial charge in [0, 0.05) is 18.2 Å². The van der Waals surface area contributed by atoms with E-state index in [1.54, 1.807) is 0 Å². The summed E-state index contributed by atoms with van der Waals surface area (Å²) in [5, 5.41) is 6.08. The van der Waals surface area contributed by atoms with Gasteiger partial charge in [0.15, 0.2) is 11.6 Å². The highest BCUT2D eigenvalue weighted by Crippen LogP contribution is 2.13. The second-order valence-electron chi connectivity index (χ2n) is 5.15. The summed E-state index contributed by atoms with van der Waals surface area (Å²) in [6.45, 7) is 3.78. The predicted octanol–water partition coefficient (Wildman–Crippen LogP) is 1.62. The van der Waals surface area contributed by atoms with E-state index in [2.05, 4.69) is 17.6 Å². The summed E-state index contributed by atoms with van der Waals surface area (Å²) in [5.74, 6) is -1.62. The van der Waals surface area contributed by atoms with E-state index >= 15 is 0 Å². The van der Waals surface area contributed by atoms with Gasteiger partial charge in [-0.25, -0.2) is 8.78 Å². The van der Waals surface area contributed by atoms with Crippen molar-refractivity contribution in [2.24, 2.45) is 5.92 Å². The van der Waals surface area contributed by atoms with Gasteiger partial charge in [-0.05, 0) is 24.9 Å². The molecule has 1 aliphatic rings. The van der Waals surface area contributed by atoms with Gasteiger partial charge >= 0.3 is 0 Å². The molecule has 2 atom stereocenters. The fourth-order valence-electron chi connectivity index (χ4n) is 2.40. The molecule has 0 saturated carbocycles. The van der Waals surface area contributed by atoms with Gasteiger partial charge in [-0.3, -0.25) is 4.79 Å². The van der Waals surface area contributed by atoms with Crippen LogP contribution in [0.4, 0.5) is 8.78 Å². The third-order valence-electron chi connectivity index (χ3n) is 3.32. The summed E-state index contributed by atoms with van der Waals surface area (Å²) in [4.78, 5) is 11.8. The molecule has 1 aromatic carbocycles. The maximum Gasteiger partial charge on any atom is 0.224 e. The molecule has 0 spiro atoms. The number of carbonyl (C=O) groups is 1. The predicted molar refractivity (Wildman–Crippen MR) is 68.6 cm³/mol. The van der Waals surface area contributed by atoms with E-state index in [1.807, 2.05) is 0 Å². The molecule has 2 rings (SSSR count). The molecule has 1 aliphatic heterocycles. The monoisotopic (exact) mass is 268 g/mol. The van der Waals surface area contributed by atoms with Crippen LogP contribution in [-0.4, -0.2) is 25.0 Å². The number of benzene rings is 1. The first-order valence-corrected chi connectivity index (χ1v) is 6.49. The Labute approximate surface area is 111 Å². The Kier molecular flexibility index (Phi) is 4.47. The number of amides is 1. The number of piperidine rings is 1. The van der Waals surface area contributed by atoms with Gasteiger partial charge in [0.1, 0.15) is 0 Å². The normalized spacial score (nSPS) is 23.1. The molecule has 1 fully saturated rings. The van der Waals surface area contributed by atoms with Gasteiger partial charge in [0.25, 0.3) is 0 Å². The molecular formula is C14H18F2N2O. The lowest BCUT2D eigenvalue weighted by Crippen LogP contribution is -2.48. The topological polar surface area (TPSA) is 41.1 Å². The van der Waals surface area contributed by atoms with Crippen LogP contribution in [0.25, 0.3) is 0 Å². The lowest BCUT2D eigenvalue weighted by Gasteiger charge is -2.28.